The molecule has 4 rings (SSSR count). The molecule has 0 amide bonds. The van der Waals surface area contributed by atoms with E-state index in [9.17, 15) is 9.59 Å². The van der Waals surface area contributed by atoms with E-state index >= 15 is 0 Å². The SMILES string of the molecule is CCOC(=O)c1c(C)cc2ccc3c4c(c(Br)c(C)c1c24)C(=O)CC=3. The minimum Gasteiger partial charge on any atom is -0.462 e. The molecular formula is C21H17BrO3. The number of carbonyl (C=O) groups excluding carboxylic acids is 2. The summed E-state index contributed by atoms with van der Waals surface area (Å²) in [5, 5.41) is 4.88. The van der Waals surface area contributed by atoms with Gasteiger partial charge in [0.1, 0.15) is 0 Å². The molecule has 0 spiro atoms. The normalized spacial score (nSPS) is 13.4. The lowest BCUT2D eigenvalue weighted by molar-refractivity contribution is 0.0527. The highest BCUT2D eigenvalue weighted by Crippen LogP contribution is 2.40. The van der Waals surface area contributed by atoms with Gasteiger partial charge in [-0.05, 0) is 63.8 Å². The largest absolute Gasteiger partial charge is 0.462 e. The molecule has 126 valence electrons. The highest BCUT2D eigenvalue weighted by Gasteiger charge is 2.26. The maximum atomic E-state index is 12.6. The summed E-state index contributed by atoms with van der Waals surface area (Å²) in [6.45, 7) is 6.02. The zero-order chi connectivity index (χ0) is 17.9. The van der Waals surface area contributed by atoms with E-state index in [0.717, 1.165) is 47.9 Å². The van der Waals surface area contributed by atoms with Gasteiger partial charge in [-0.2, -0.15) is 0 Å². The summed E-state index contributed by atoms with van der Waals surface area (Å²) in [6, 6.07) is 6.13. The van der Waals surface area contributed by atoms with E-state index in [2.05, 4.69) is 28.1 Å². The maximum absolute atomic E-state index is 12.6. The van der Waals surface area contributed by atoms with Gasteiger partial charge < -0.3 is 4.74 Å². The van der Waals surface area contributed by atoms with Crippen molar-refractivity contribution in [3.8, 4) is 0 Å². The van der Waals surface area contributed by atoms with Gasteiger partial charge in [-0.1, -0.05) is 24.3 Å². The molecule has 3 aromatic rings. The Kier molecular flexibility index (Phi) is 3.69. The van der Waals surface area contributed by atoms with Crippen LogP contribution in [0.4, 0.5) is 0 Å². The average molecular weight is 397 g/mol. The second-order valence-corrected chi connectivity index (χ2v) is 7.23. The molecule has 0 saturated carbocycles. The van der Waals surface area contributed by atoms with Crippen molar-refractivity contribution >= 4 is 55.3 Å². The van der Waals surface area contributed by atoms with E-state index in [4.69, 9.17) is 4.74 Å². The summed E-state index contributed by atoms with van der Waals surface area (Å²) in [4.78, 5) is 25.2. The molecule has 0 saturated heterocycles. The fourth-order valence-electron chi connectivity index (χ4n) is 3.91. The number of carbonyl (C=O) groups is 2. The summed E-state index contributed by atoms with van der Waals surface area (Å²) < 4.78 is 6.09. The van der Waals surface area contributed by atoms with Crippen LogP contribution in [-0.2, 0) is 4.74 Å². The van der Waals surface area contributed by atoms with Gasteiger partial charge in [0, 0.05) is 27.2 Å². The molecule has 0 heterocycles. The molecule has 1 aliphatic carbocycles. The highest BCUT2D eigenvalue weighted by atomic mass is 79.9. The number of ketones is 1. The van der Waals surface area contributed by atoms with Gasteiger partial charge in [-0.25, -0.2) is 4.79 Å². The van der Waals surface area contributed by atoms with E-state index in [1.54, 1.807) is 6.92 Å². The van der Waals surface area contributed by atoms with Gasteiger partial charge in [0.15, 0.2) is 5.78 Å². The molecule has 0 unspecified atom stereocenters. The van der Waals surface area contributed by atoms with E-state index in [1.165, 1.54) is 0 Å². The lowest BCUT2D eigenvalue weighted by atomic mass is 9.84. The molecule has 0 N–H and O–H groups in total. The molecule has 3 nitrogen and oxygen atoms in total. The number of esters is 1. The third kappa shape index (κ3) is 2.17. The lowest BCUT2D eigenvalue weighted by Gasteiger charge is -2.21. The van der Waals surface area contributed by atoms with Crippen molar-refractivity contribution in [1.29, 1.82) is 0 Å². The number of hydrogen-bond acceptors (Lipinski definition) is 3. The van der Waals surface area contributed by atoms with E-state index < -0.39 is 0 Å². The van der Waals surface area contributed by atoms with Crippen LogP contribution in [0.25, 0.3) is 27.6 Å². The van der Waals surface area contributed by atoms with Crippen molar-refractivity contribution in [1.82, 2.24) is 0 Å². The van der Waals surface area contributed by atoms with Crippen LogP contribution in [0.15, 0.2) is 22.7 Å². The highest BCUT2D eigenvalue weighted by molar-refractivity contribution is 9.10. The summed E-state index contributed by atoms with van der Waals surface area (Å²) in [6.07, 6.45) is 2.37. The predicted molar refractivity (Wildman–Crippen MR) is 103 cm³/mol. The number of Topliss-reactive ketones (excluding diaryl/α,β-unsaturated/α-hetero) is 1. The van der Waals surface area contributed by atoms with Crippen LogP contribution in [0.1, 0.15) is 45.2 Å². The van der Waals surface area contributed by atoms with Crippen LogP contribution in [0.5, 0.6) is 0 Å². The first kappa shape index (κ1) is 16.3. The van der Waals surface area contributed by atoms with Gasteiger partial charge in [-0.15, -0.1) is 0 Å². The van der Waals surface area contributed by atoms with Crippen LogP contribution in [0.2, 0.25) is 0 Å². The molecule has 1 aliphatic rings. The van der Waals surface area contributed by atoms with Crippen molar-refractivity contribution < 1.29 is 14.3 Å². The minimum absolute atomic E-state index is 0.107. The first-order valence-electron chi connectivity index (χ1n) is 8.34. The Hall–Kier alpha value is -2.20. The molecule has 0 radical (unpaired) electrons. The smallest absolute Gasteiger partial charge is 0.339 e. The molecule has 4 heteroatoms. The van der Waals surface area contributed by atoms with Gasteiger partial charge in [0.05, 0.1) is 12.2 Å². The molecule has 0 atom stereocenters. The predicted octanol–water partition coefficient (Wildman–Crippen LogP) is 4.63. The lowest BCUT2D eigenvalue weighted by Crippen LogP contribution is -2.18. The maximum Gasteiger partial charge on any atom is 0.339 e. The molecule has 0 fully saturated rings. The third-order valence-electron chi connectivity index (χ3n) is 4.98. The van der Waals surface area contributed by atoms with E-state index in [0.29, 0.717) is 18.6 Å². The van der Waals surface area contributed by atoms with Gasteiger partial charge in [0.2, 0.25) is 0 Å². The van der Waals surface area contributed by atoms with Gasteiger partial charge >= 0.3 is 5.97 Å². The molecule has 0 aliphatic heterocycles. The van der Waals surface area contributed by atoms with Crippen LogP contribution in [0, 0.1) is 13.8 Å². The number of hydrogen-bond donors (Lipinski definition) is 0. The Balaban J connectivity index is 2.32. The van der Waals surface area contributed by atoms with Gasteiger partial charge in [-0.3, -0.25) is 4.79 Å². The quantitative estimate of drug-likeness (QED) is 0.592. The Morgan fingerprint density at radius 3 is 2.68 bits per heavy atom. The molecular weight excluding hydrogens is 380 g/mol. The zero-order valence-electron chi connectivity index (χ0n) is 14.3. The fourth-order valence-corrected chi connectivity index (χ4v) is 4.52. The first-order chi connectivity index (χ1) is 12.0. The van der Waals surface area contributed by atoms with Crippen molar-refractivity contribution in [2.75, 3.05) is 6.61 Å². The van der Waals surface area contributed by atoms with Crippen LogP contribution < -0.4 is 5.22 Å². The number of aryl methyl sites for hydroxylation is 2. The summed E-state index contributed by atoms with van der Waals surface area (Å²) >= 11 is 3.63. The second kappa shape index (κ2) is 5.67. The van der Waals surface area contributed by atoms with Crippen molar-refractivity contribution in [3.63, 3.8) is 0 Å². The molecule has 0 aromatic heterocycles. The fraction of sp³-hybridized carbons (Fsp3) is 0.238. The van der Waals surface area contributed by atoms with E-state index in [1.807, 2.05) is 26.0 Å². The summed E-state index contributed by atoms with van der Waals surface area (Å²) in [5.74, 6) is -0.209. The second-order valence-electron chi connectivity index (χ2n) is 6.44. The molecule has 0 bridgehead atoms. The van der Waals surface area contributed by atoms with Crippen molar-refractivity contribution in [2.24, 2.45) is 0 Å². The Bertz CT molecular complexity index is 1140. The topological polar surface area (TPSA) is 43.4 Å². The number of ether oxygens (including phenoxy) is 1. The Morgan fingerprint density at radius 1 is 1.20 bits per heavy atom. The van der Waals surface area contributed by atoms with Crippen molar-refractivity contribution in [2.45, 2.75) is 27.2 Å². The Labute approximate surface area is 153 Å². The Morgan fingerprint density at radius 2 is 1.96 bits per heavy atom. The van der Waals surface area contributed by atoms with Crippen molar-refractivity contribution in [3.05, 3.63) is 50.1 Å². The summed E-state index contributed by atoms with van der Waals surface area (Å²) in [5.41, 5.74) is 3.11. The van der Waals surface area contributed by atoms with Crippen LogP contribution >= 0.6 is 15.9 Å². The number of benzene rings is 3. The monoisotopic (exact) mass is 396 g/mol. The minimum atomic E-state index is -0.316. The van der Waals surface area contributed by atoms with Crippen LogP contribution in [0.3, 0.4) is 0 Å². The van der Waals surface area contributed by atoms with E-state index in [-0.39, 0.29) is 11.8 Å². The average Bonchev–Trinajstić information content (AvgIpc) is 2.58. The summed E-state index contributed by atoms with van der Waals surface area (Å²) in [7, 11) is 0. The number of rotatable bonds is 2. The van der Waals surface area contributed by atoms with Crippen LogP contribution in [-0.4, -0.2) is 18.4 Å². The zero-order valence-corrected chi connectivity index (χ0v) is 15.9. The molecule has 25 heavy (non-hydrogen) atoms. The molecule has 3 aromatic carbocycles. The van der Waals surface area contributed by atoms with Gasteiger partial charge in [0.25, 0.3) is 0 Å². The standard InChI is InChI=1S/C21H17BrO3/c1-4-25-21(24)15-10(2)9-13-6-5-12-7-8-14(23)19-17(12)18(13)16(15)11(3)20(19)22/h5-7,9H,4,8H2,1-3H3. The first-order valence-corrected chi connectivity index (χ1v) is 9.13. The third-order valence-corrected chi connectivity index (χ3v) is 5.97. The number of halogens is 1.